The second-order valence-corrected chi connectivity index (χ2v) is 12.2. The van der Waals surface area contributed by atoms with E-state index in [1.807, 2.05) is 32.9 Å². The van der Waals surface area contributed by atoms with Crippen molar-refractivity contribution in [3.63, 3.8) is 0 Å². The Morgan fingerprint density at radius 3 is 2.48 bits per heavy atom. The van der Waals surface area contributed by atoms with Crippen LogP contribution in [0.25, 0.3) is 20.8 Å². The third-order valence-electron chi connectivity index (χ3n) is 5.26. The number of thiazole rings is 1. The number of benzene rings is 1. The average Bonchev–Trinajstić information content (AvgIpc) is 3.13. The molecule has 4 nitrogen and oxygen atoms in total. The highest BCUT2D eigenvalue weighted by Crippen LogP contribution is 2.50. The highest BCUT2D eigenvalue weighted by Gasteiger charge is 2.41. The number of nitrogens with zero attached hydrogens (tertiary/aromatic N) is 1. The highest BCUT2D eigenvalue weighted by atomic mass is 32.1. The zero-order chi connectivity index (χ0) is 21.2. The third kappa shape index (κ3) is 3.74. The maximum atomic E-state index is 12.9. The summed E-state index contributed by atoms with van der Waals surface area (Å²) in [4.78, 5) is 19.1. The average molecular weight is 428 g/mol. The second kappa shape index (κ2) is 6.62. The molecule has 6 heteroatoms. The van der Waals surface area contributed by atoms with E-state index in [0.29, 0.717) is 0 Å². The molecule has 154 valence electrons. The van der Waals surface area contributed by atoms with Gasteiger partial charge in [-0.2, -0.15) is 0 Å². The minimum absolute atomic E-state index is 0.0310. The number of anilines is 1. The first-order valence-corrected chi connectivity index (χ1v) is 11.6. The summed E-state index contributed by atoms with van der Waals surface area (Å²) >= 11 is 3.39. The molecule has 3 aromatic rings. The first-order chi connectivity index (χ1) is 13.4. The molecule has 0 saturated carbocycles. The number of carbonyl (C=O) groups excluding carboxylic acids is 1. The third-order valence-corrected chi connectivity index (χ3v) is 7.79. The van der Waals surface area contributed by atoms with Crippen molar-refractivity contribution in [2.24, 2.45) is 5.41 Å². The van der Waals surface area contributed by atoms with Crippen LogP contribution in [0, 0.1) is 5.41 Å². The zero-order valence-corrected chi connectivity index (χ0v) is 19.8. The maximum Gasteiger partial charge on any atom is 0.230 e. The monoisotopic (exact) mass is 427 g/mol. The van der Waals surface area contributed by atoms with Crippen molar-refractivity contribution in [2.45, 2.75) is 66.0 Å². The van der Waals surface area contributed by atoms with E-state index >= 15 is 0 Å². The molecule has 0 bridgehead atoms. The molecule has 1 aliphatic heterocycles. The normalized spacial score (nSPS) is 17.9. The predicted molar refractivity (Wildman–Crippen MR) is 125 cm³/mol. The Morgan fingerprint density at radius 1 is 1.14 bits per heavy atom. The molecule has 4 rings (SSSR count). The van der Waals surface area contributed by atoms with Gasteiger partial charge >= 0.3 is 0 Å². The van der Waals surface area contributed by atoms with Crippen LogP contribution >= 0.6 is 22.7 Å². The largest absolute Gasteiger partial charge is 0.317 e. The standard InChI is InChI=1S/C23H29N3OS2/c1-21(2,3)20(27)25-19-16(18-24-14-10-8-9-11-15(14)28-18)13-12-22(4,5)26-23(6,7)17(13)29-19/h8-11,26H,12H2,1-7H3,(H,25,27). The van der Waals surface area contributed by atoms with Crippen LogP contribution in [0.5, 0.6) is 0 Å². The molecule has 0 aliphatic carbocycles. The number of hydrogen-bond donors (Lipinski definition) is 2. The SMILES string of the molecule is CC1(C)Cc2c(sc(NC(=O)C(C)(C)C)c2-c2nc3ccccc3s2)C(C)(C)N1. The molecule has 2 aromatic heterocycles. The van der Waals surface area contributed by atoms with E-state index in [2.05, 4.69) is 50.5 Å². The quantitative estimate of drug-likeness (QED) is 0.514. The van der Waals surface area contributed by atoms with Gasteiger partial charge in [-0.3, -0.25) is 4.79 Å². The van der Waals surface area contributed by atoms with Gasteiger partial charge in [0, 0.05) is 26.9 Å². The van der Waals surface area contributed by atoms with Gasteiger partial charge in [0.2, 0.25) is 5.91 Å². The van der Waals surface area contributed by atoms with Gasteiger partial charge in [0.05, 0.1) is 10.2 Å². The molecular formula is C23H29N3OS2. The first kappa shape index (κ1) is 20.5. The van der Waals surface area contributed by atoms with Crippen molar-refractivity contribution >= 4 is 43.8 Å². The topological polar surface area (TPSA) is 54.0 Å². The van der Waals surface area contributed by atoms with E-state index in [-0.39, 0.29) is 17.0 Å². The summed E-state index contributed by atoms with van der Waals surface area (Å²) < 4.78 is 1.17. The van der Waals surface area contributed by atoms with Gasteiger partial charge in [0.15, 0.2) is 0 Å². The van der Waals surface area contributed by atoms with E-state index < -0.39 is 5.41 Å². The summed E-state index contributed by atoms with van der Waals surface area (Å²) in [6, 6.07) is 8.23. The number of thiophene rings is 1. The molecule has 0 fully saturated rings. The fraction of sp³-hybridized carbons (Fsp3) is 0.478. The first-order valence-electron chi connectivity index (χ1n) is 10.0. The number of para-hydroxylation sites is 1. The molecular weight excluding hydrogens is 398 g/mol. The highest BCUT2D eigenvalue weighted by molar-refractivity contribution is 7.23. The molecule has 0 radical (unpaired) electrons. The van der Waals surface area contributed by atoms with Gasteiger partial charge in [-0.15, -0.1) is 22.7 Å². The molecule has 1 amide bonds. The molecule has 1 aliphatic rings. The molecule has 29 heavy (non-hydrogen) atoms. The van der Waals surface area contributed by atoms with Gasteiger partial charge in [0.1, 0.15) is 10.0 Å². The van der Waals surface area contributed by atoms with Crippen LogP contribution in [0.2, 0.25) is 0 Å². The lowest BCUT2D eigenvalue weighted by Crippen LogP contribution is -2.54. The Kier molecular flexibility index (Phi) is 4.68. The summed E-state index contributed by atoms with van der Waals surface area (Å²) in [6.07, 6.45) is 0.902. The Balaban J connectivity index is 1.94. The van der Waals surface area contributed by atoms with Gasteiger partial charge < -0.3 is 10.6 Å². The van der Waals surface area contributed by atoms with Crippen LogP contribution in [-0.4, -0.2) is 16.4 Å². The van der Waals surface area contributed by atoms with Crippen molar-refractivity contribution < 1.29 is 4.79 Å². The molecule has 3 heterocycles. The fourth-order valence-electron chi connectivity index (χ4n) is 4.11. The lowest BCUT2D eigenvalue weighted by molar-refractivity contribution is -0.123. The number of hydrogen-bond acceptors (Lipinski definition) is 5. The number of aromatic nitrogens is 1. The zero-order valence-electron chi connectivity index (χ0n) is 18.2. The Bertz CT molecular complexity index is 1070. The summed E-state index contributed by atoms with van der Waals surface area (Å²) in [6.45, 7) is 14.8. The van der Waals surface area contributed by atoms with E-state index in [4.69, 9.17) is 4.98 Å². The Labute approximate surface area is 180 Å². The van der Waals surface area contributed by atoms with E-state index in [0.717, 1.165) is 27.5 Å². The summed E-state index contributed by atoms with van der Waals surface area (Å²) in [7, 11) is 0. The van der Waals surface area contributed by atoms with Crippen LogP contribution in [0.15, 0.2) is 24.3 Å². The number of rotatable bonds is 2. The van der Waals surface area contributed by atoms with Crippen molar-refractivity contribution in [3.8, 4) is 10.6 Å². The summed E-state index contributed by atoms with van der Waals surface area (Å²) in [5.74, 6) is 0.0310. The van der Waals surface area contributed by atoms with E-state index in [9.17, 15) is 4.79 Å². The Morgan fingerprint density at radius 2 is 1.83 bits per heavy atom. The van der Waals surface area contributed by atoms with Crippen molar-refractivity contribution in [1.29, 1.82) is 0 Å². The molecule has 2 N–H and O–H groups in total. The number of fused-ring (bicyclic) bond motifs is 2. The molecule has 0 spiro atoms. The minimum atomic E-state index is -0.456. The lowest BCUT2D eigenvalue weighted by Gasteiger charge is -2.42. The molecule has 0 saturated heterocycles. The Hall–Kier alpha value is -1.76. The molecule has 0 unspecified atom stereocenters. The second-order valence-electron chi connectivity index (χ2n) is 10.1. The van der Waals surface area contributed by atoms with E-state index in [1.165, 1.54) is 15.1 Å². The van der Waals surface area contributed by atoms with Crippen molar-refractivity contribution in [2.75, 3.05) is 5.32 Å². The number of amides is 1. The maximum absolute atomic E-state index is 12.9. The van der Waals surface area contributed by atoms with Crippen molar-refractivity contribution in [1.82, 2.24) is 10.3 Å². The molecule has 1 aromatic carbocycles. The minimum Gasteiger partial charge on any atom is -0.317 e. The van der Waals surface area contributed by atoms with Crippen LogP contribution in [-0.2, 0) is 16.8 Å². The van der Waals surface area contributed by atoms with Gasteiger partial charge in [-0.1, -0.05) is 32.9 Å². The number of nitrogens with one attached hydrogen (secondary N) is 2. The summed E-state index contributed by atoms with van der Waals surface area (Å²) in [5.41, 5.74) is 2.76. The van der Waals surface area contributed by atoms with Gasteiger partial charge in [-0.05, 0) is 51.8 Å². The smallest absolute Gasteiger partial charge is 0.230 e. The van der Waals surface area contributed by atoms with Crippen LogP contribution in [0.1, 0.15) is 58.9 Å². The van der Waals surface area contributed by atoms with E-state index in [1.54, 1.807) is 22.7 Å². The van der Waals surface area contributed by atoms with Crippen molar-refractivity contribution in [3.05, 3.63) is 34.7 Å². The van der Waals surface area contributed by atoms with Crippen LogP contribution < -0.4 is 10.6 Å². The van der Waals surface area contributed by atoms with Crippen LogP contribution in [0.3, 0.4) is 0 Å². The predicted octanol–water partition coefficient (Wildman–Crippen LogP) is 6.17. The summed E-state index contributed by atoms with van der Waals surface area (Å²) in [5, 5.41) is 8.91. The van der Waals surface area contributed by atoms with Gasteiger partial charge in [-0.25, -0.2) is 4.98 Å². The van der Waals surface area contributed by atoms with Gasteiger partial charge in [0.25, 0.3) is 0 Å². The lowest BCUT2D eigenvalue weighted by atomic mass is 9.81. The number of carbonyl (C=O) groups is 1. The fourth-order valence-corrected chi connectivity index (χ4v) is 6.49. The van der Waals surface area contributed by atoms with Crippen LogP contribution in [0.4, 0.5) is 5.00 Å². The molecule has 0 atom stereocenters.